The summed E-state index contributed by atoms with van der Waals surface area (Å²) in [5.41, 5.74) is 6.97. The summed E-state index contributed by atoms with van der Waals surface area (Å²) < 4.78 is 2.01. The lowest BCUT2D eigenvalue weighted by Gasteiger charge is -2.21. The molecule has 0 aromatic carbocycles. The molecule has 20 heavy (non-hydrogen) atoms. The van der Waals surface area contributed by atoms with Crippen molar-refractivity contribution in [1.29, 1.82) is 0 Å². The van der Waals surface area contributed by atoms with Crippen molar-refractivity contribution in [1.82, 2.24) is 19.5 Å². The number of hydrogen-bond donors (Lipinski definition) is 1. The Morgan fingerprint density at radius 1 is 1.40 bits per heavy atom. The zero-order chi connectivity index (χ0) is 14.3. The van der Waals surface area contributed by atoms with Gasteiger partial charge in [0.1, 0.15) is 23.3 Å². The van der Waals surface area contributed by atoms with Crippen molar-refractivity contribution < 1.29 is 0 Å². The first kappa shape index (κ1) is 12.9. The van der Waals surface area contributed by atoms with E-state index in [0.29, 0.717) is 18.3 Å². The number of nitrogens with two attached hydrogens (primary N) is 1. The summed E-state index contributed by atoms with van der Waals surface area (Å²) in [5, 5.41) is 0. The van der Waals surface area contributed by atoms with E-state index in [-0.39, 0.29) is 0 Å². The van der Waals surface area contributed by atoms with E-state index in [4.69, 9.17) is 10.7 Å². The van der Waals surface area contributed by atoms with Crippen molar-refractivity contribution in [3.63, 3.8) is 0 Å². The minimum Gasteiger partial charge on any atom is -0.383 e. The highest BCUT2D eigenvalue weighted by Gasteiger charge is 2.28. The molecule has 106 valence electrons. The van der Waals surface area contributed by atoms with Crippen molar-refractivity contribution in [2.75, 3.05) is 17.7 Å². The molecule has 2 aromatic heterocycles. The summed E-state index contributed by atoms with van der Waals surface area (Å²) in [7, 11) is 4.01. The summed E-state index contributed by atoms with van der Waals surface area (Å²) in [6.07, 6.45) is 6.09. The SMILES string of the molecule is Cc1c(N)nc(C2CC2)nc1N(C)Cc1nccn1C. The molecule has 1 aliphatic carbocycles. The number of aromatic nitrogens is 4. The van der Waals surface area contributed by atoms with Crippen LogP contribution in [0.15, 0.2) is 12.4 Å². The van der Waals surface area contributed by atoms with Gasteiger partial charge in [-0.3, -0.25) is 0 Å². The van der Waals surface area contributed by atoms with Crippen LogP contribution >= 0.6 is 0 Å². The van der Waals surface area contributed by atoms with Gasteiger partial charge in [0.15, 0.2) is 0 Å². The van der Waals surface area contributed by atoms with Crippen molar-refractivity contribution in [3.05, 3.63) is 29.6 Å². The monoisotopic (exact) mass is 272 g/mol. The van der Waals surface area contributed by atoms with Gasteiger partial charge >= 0.3 is 0 Å². The maximum absolute atomic E-state index is 6.03. The van der Waals surface area contributed by atoms with Gasteiger partial charge < -0.3 is 15.2 Å². The maximum Gasteiger partial charge on any atom is 0.137 e. The summed E-state index contributed by atoms with van der Waals surface area (Å²) in [6, 6.07) is 0. The fourth-order valence-corrected chi connectivity index (χ4v) is 2.27. The average Bonchev–Trinajstić information content (AvgIpc) is 3.18. The van der Waals surface area contributed by atoms with Gasteiger partial charge in [-0.1, -0.05) is 0 Å². The van der Waals surface area contributed by atoms with Crippen LogP contribution in [0.5, 0.6) is 0 Å². The molecular weight excluding hydrogens is 252 g/mol. The Kier molecular flexibility index (Phi) is 3.08. The molecule has 0 bridgehead atoms. The number of rotatable bonds is 4. The summed E-state index contributed by atoms with van der Waals surface area (Å²) in [5.74, 6) is 3.87. The van der Waals surface area contributed by atoms with Gasteiger partial charge in [-0.25, -0.2) is 15.0 Å². The van der Waals surface area contributed by atoms with Crippen LogP contribution < -0.4 is 10.6 Å². The number of imidazole rings is 1. The van der Waals surface area contributed by atoms with Gasteiger partial charge in [-0.05, 0) is 19.8 Å². The Morgan fingerprint density at radius 2 is 2.15 bits per heavy atom. The zero-order valence-electron chi connectivity index (χ0n) is 12.2. The highest BCUT2D eigenvalue weighted by atomic mass is 15.2. The van der Waals surface area contributed by atoms with Crippen LogP contribution in [0.2, 0.25) is 0 Å². The van der Waals surface area contributed by atoms with Crippen molar-refractivity contribution in [2.24, 2.45) is 7.05 Å². The van der Waals surface area contributed by atoms with E-state index in [1.807, 2.05) is 31.8 Å². The van der Waals surface area contributed by atoms with Gasteiger partial charge in [0, 0.05) is 38.0 Å². The quantitative estimate of drug-likeness (QED) is 0.915. The third-order valence-corrected chi connectivity index (χ3v) is 3.78. The normalized spacial score (nSPS) is 14.6. The summed E-state index contributed by atoms with van der Waals surface area (Å²) in [6.45, 7) is 2.67. The van der Waals surface area contributed by atoms with Crippen LogP contribution in [-0.4, -0.2) is 26.6 Å². The van der Waals surface area contributed by atoms with Gasteiger partial charge in [0.05, 0.1) is 6.54 Å². The lowest BCUT2D eigenvalue weighted by Crippen LogP contribution is -2.22. The molecule has 0 aliphatic heterocycles. The van der Waals surface area contributed by atoms with E-state index in [9.17, 15) is 0 Å². The van der Waals surface area contributed by atoms with Crippen LogP contribution in [0.25, 0.3) is 0 Å². The molecule has 0 saturated heterocycles. The van der Waals surface area contributed by atoms with E-state index < -0.39 is 0 Å². The van der Waals surface area contributed by atoms with Crippen LogP contribution in [0.1, 0.15) is 36.0 Å². The molecule has 1 saturated carbocycles. The molecule has 2 N–H and O–H groups in total. The predicted octanol–water partition coefficient (Wildman–Crippen LogP) is 1.61. The molecule has 0 amide bonds. The van der Waals surface area contributed by atoms with Gasteiger partial charge in [0.25, 0.3) is 0 Å². The molecule has 1 aliphatic rings. The molecule has 0 unspecified atom stereocenters. The number of aryl methyl sites for hydroxylation is 1. The number of hydrogen-bond acceptors (Lipinski definition) is 5. The first-order valence-corrected chi connectivity index (χ1v) is 6.87. The standard InChI is InChI=1S/C14H20N6/c1-9-12(15)17-13(10-4-5-10)18-14(9)20(3)8-11-16-6-7-19(11)2/h6-7,10H,4-5,8H2,1-3H3,(H2,15,17,18). The summed E-state index contributed by atoms with van der Waals surface area (Å²) in [4.78, 5) is 15.5. The number of nitrogen functional groups attached to an aromatic ring is 1. The summed E-state index contributed by atoms with van der Waals surface area (Å²) >= 11 is 0. The van der Waals surface area contributed by atoms with E-state index in [0.717, 1.165) is 23.0 Å². The molecule has 2 heterocycles. The van der Waals surface area contributed by atoms with E-state index in [1.165, 1.54) is 12.8 Å². The largest absolute Gasteiger partial charge is 0.383 e. The first-order chi connectivity index (χ1) is 9.56. The second-order valence-corrected chi connectivity index (χ2v) is 5.50. The Labute approximate surface area is 118 Å². The predicted molar refractivity (Wildman–Crippen MR) is 78.5 cm³/mol. The van der Waals surface area contributed by atoms with E-state index in [1.54, 1.807) is 6.20 Å². The molecule has 6 nitrogen and oxygen atoms in total. The average molecular weight is 272 g/mol. The fourth-order valence-electron chi connectivity index (χ4n) is 2.27. The van der Waals surface area contributed by atoms with Crippen LogP contribution in [-0.2, 0) is 13.6 Å². The van der Waals surface area contributed by atoms with Gasteiger partial charge in [0.2, 0.25) is 0 Å². The van der Waals surface area contributed by atoms with Crippen molar-refractivity contribution >= 4 is 11.6 Å². The highest BCUT2D eigenvalue weighted by Crippen LogP contribution is 2.39. The molecule has 6 heteroatoms. The van der Waals surface area contributed by atoms with Crippen molar-refractivity contribution in [3.8, 4) is 0 Å². The van der Waals surface area contributed by atoms with Crippen molar-refractivity contribution in [2.45, 2.75) is 32.2 Å². The molecule has 0 radical (unpaired) electrons. The van der Waals surface area contributed by atoms with Gasteiger partial charge in [-0.15, -0.1) is 0 Å². The lowest BCUT2D eigenvalue weighted by molar-refractivity contribution is 0.748. The van der Waals surface area contributed by atoms with E-state index >= 15 is 0 Å². The van der Waals surface area contributed by atoms with Gasteiger partial charge in [-0.2, -0.15) is 0 Å². The topological polar surface area (TPSA) is 72.9 Å². The third-order valence-electron chi connectivity index (χ3n) is 3.78. The Balaban J connectivity index is 1.90. The third kappa shape index (κ3) is 2.33. The van der Waals surface area contributed by atoms with Crippen LogP contribution in [0, 0.1) is 6.92 Å². The molecule has 1 fully saturated rings. The Bertz CT molecular complexity index is 629. The first-order valence-electron chi connectivity index (χ1n) is 6.87. The minimum atomic E-state index is 0.498. The van der Waals surface area contributed by atoms with Crippen LogP contribution in [0.4, 0.5) is 11.6 Å². The fraction of sp³-hybridized carbons (Fsp3) is 0.500. The molecular formula is C14H20N6. The smallest absolute Gasteiger partial charge is 0.137 e. The highest BCUT2D eigenvalue weighted by molar-refractivity contribution is 5.56. The second-order valence-electron chi connectivity index (χ2n) is 5.50. The van der Waals surface area contributed by atoms with E-state index in [2.05, 4.69) is 14.9 Å². The van der Waals surface area contributed by atoms with Crippen LogP contribution in [0.3, 0.4) is 0 Å². The second kappa shape index (κ2) is 4.77. The maximum atomic E-state index is 6.03. The Morgan fingerprint density at radius 3 is 2.75 bits per heavy atom. The zero-order valence-corrected chi connectivity index (χ0v) is 12.2. The molecule has 3 rings (SSSR count). The minimum absolute atomic E-state index is 0.498. The lowest BCUT2D eigenvalue weighted by atomic mass is 10.2. The molecule has 2 aromatic rings. The molecule has 0 atom stereocenters. The number of anilines is 2. The molecule has 0 spiro atoms. The Hall–Kier alpha value is -2.11. The number of nitrogens with zero attached hydrogens (tertiary/aromatic N) is 5.